The highest BCUT2D eigenvalue weighted by Gasteiger charge is 2.28. The Labute approximate surface area is 129 Å². The van der Waals surface area contributed by atoms with Gasteiger partial charge in [0, 0.05) is 44.8 Å². The average molecular weight is 287 g/mol. The molecule has 3 rings (SSSR count). The fourth-order valence-electron chi connectivity index (χ4n) is 3.73. The monoisotopic (exact) mass is 287 g/mol. The molecule has 2 atom stereocenters. The van der Waals surface area contributed by atoms with Gasteiger partial charge in [-0.2, -0.15) is 0 Å². The Morgan fingerprint density at radius 1 is 1.14 bits per heavy atom. The molecule has 116 valence electrons. The summed E-state index contributed by atoms with van der Waals surface area (Å²) in [6.07, 6.45) is 1.37. The number of nitrogens with one attached hydrogen (secondary N) is 1. The van der Waals surface area contributed by atoms with Crippen molar-refractivity contribution in [2.75, 3.05) is 39.3 Å². The van der Waals surface area contributed by atoms with E-state index in [9.17, 15) is 0 Å². The average Bonchev–Trinajstić information content (AvgIpc) is 2.97. The highest BCUT2D eigenvalue weighted by atomic mass is 15.2. The van der Waals surface area contributed by atoms with Crippen LogP contribution in [0.5, 0.6) is 0 Å². The number of hydrogen-bond acceptors (Lipinski definition) is 3. The number of nitrogens with zero attached hydrogens (tertiary/aromatic N) is 2. The minimum atomic E-state index is 0.502. The topological polar surface area (TPSA) is 18.5 Å². The third-order valence-corrected chi connectivity index (χ3v) is 5.03. The van der Waals surface area contributed by atoms with Crippen molar-refractivity contribution < 1.29 is 0 Å². The van der Waals surface area contributed by atoms with Gasteiger partial charge < -0.3 is 10.2 Å². The second kappa shape index (κ2) is 6.91. The third kappa shape index (κ3) is 3.85. The Kier molecular flexibility index (Phi) is 4.94. The van der Waals surface area contributed by atoms with Crippen molar-refractivity contribution in [1.29, 1.82) is 0 Å². The smallest absolute Gasteiger partial charge is 0.0449 e. The van der Waals surface area contributed by atoms with Crippen molar-refractivity contribution in [1.82, 2.24) is 15.1 Å². The zero-order chi connectivity index (χ0) is 14.7. The standard InChI is InChI=1S/C18H29N3/c1-15(2)21-10-8-16(13-21)12-20-11-9-19-18(14-20)17-6-4-3-5-7-17/h3-7,15-16,18-19H,8-14H2,1-2H3. The maximum Gasteiger partial charge on any atom is 0.0449 e. The first-order chi connectivity index (χ1) is 10.2. The third-order valence-electron chi connectivity index (χ3n) is 5.03. The second-order valence-corrected chi connectivity index (χ2v) is 6.92. The minimum Gasteiger partial charge on any atom is -0.308 e. The summed E-state index contributed by atoms with van der Waals surface area (Å²) in [5, 5.41) is 3.67. The van der Waals surface area contributed by atoms with E-state index in [2.05, 4.69) is 59.3 Å². The zero-order valence-corrected chi connectivity index (χ0v) is 13.5. The van der Waals surface area contributed by atoms with Crippen LogP contribution in [0.25, 0.3) is 0 Å². The molecule has 0 radical (unpaired) electrons. The molecule has 1 N–H and O–H groups in total. The fourth-order valence-corrected chi connectivity index (χ4v) is 3.73. The molecule has 21 heavy (non-hydrogen) atoms. The van der Waals surface area contributed by atoms with E-state index in [4.69, 9.17) is 0 Å². The number of rotatable bonds is 4. The van der Waals surface area contributed by atoms with Crippen molar-refractivity contribution in [3.63, 3.8) is 0 Å². The van der Waals surface area contributed by atoms with Crippen molar-refractivity contribution in [2.24, 2.45) is 5.92 Å². The number of hydrogen-bond donors (Lipinski definition) is 1. The molecular weight excluding hydrogens is 258 g/mol. The van der Waals surface area contributed by atoms with Crippen LogP contribution >= 0.6 is 0 Å². The first-order valence-corrected chi connectivity index (χ1v) is 8.47. The van der Waals surface area contributed by atoms with E-state index >= 15 is 0 Å². The largest absolute Gasteiger partial charge is 0.308 e. The predicted molar refractivity (Wildman–Crippen MR) is 88.4 cm³/mol. The maximum atomic E-state index is 3.67. The quantitative estimate of drug-likeness (QED) is 0.917. The molecule has 1 aromatic carbocycles. The summed E-state index contributed by atoms with van der Waals surface area (Å²) >= 11 is 0. The zero-order valence-electron chi connectivity index (χ0n) is 13.5. The van der Waals surface area contributed by atoms with Gasteiger partial charge in [0.2, 0.25) is 0 Å². The minimum absolute atomic E-state index is 0.502. The highest BCUT2D eigenvalue weighted by Crippen LogP contribution is 2.22. The number of benzene rings is 1. The van der Waals surface area contributed by atoms with E-state index in [0.717, 1.165) is 19.0 Å². The van der Waals surface area contributed by atoms with Gasteiger partial charge in [-0.3, -0.25) is 4.90 Å². The van der Waals surface area contributed by atoms with Crippen molar-refractivity contribution in [3.8, 4) is 0 Å². The summed E-state index contributed by atoms with van der Waals surface area (Å²) in [7, 11) is 0. The van der Waals surface area contributed by atoms with Gasteiger partial charge >= 0.3 is 0 Å². The van der Waals surface area contributed by atoms with E-state index in [1.54, 1.807) is 0 Å². The van der Waals surface area contributed by atoms with Crippen LogP contribution in [0, 0.1) is 5.92 Å². The van der Waals surface area contributed by atoms with Crippen LogP contribution < -0.4 is 5.32 Å². The van der Waals surface area contributed by atoms with E-state index < -0.39 is 0 Å². The second-order valence-electron chi connectivity index (χ2n) is 6.92. The lowest BCUT2D eigenvalue weighted by atomic mass is 10.0. The van der Waals surface area contributed by atoms with Crippen LogP contribution in [0.4, 0.5) is 0 Å². The molecule has 2 heterocycles. The van der Waals surface area contributed by atoms with Gasteiger partial charge in [-0.15, -0.1) is 0 Å². The molecule has 0 amide bonds. The molecule has 2 aliphatic heterocycles. The van der Waals surface area contributed by atoms with Crippen LogP contribution in [0.1, 0.15) is 31.9 Å². The van der Waals surface area contributed by atoms with E-state index in [0.29, 0.717) is 12.1 Å². The Morgan fingerprint density at radius 2 is 1.95 bits per heavy atom. The molecule has 3 nitrogen and oxygen atoms in total. The summed E-state index contributed by atoms with van der Waals surface area (Å²) in [4.78, 5) is 5.30. The molecule has 0 aromatic heterocycles. The van der Waals surface area contributed by atoms with Crippen molar-refractivity contribution >= 4 is 0 Å². The fraction of sp³-hybridized carbons (Fsp3) is 0.667. The van der Waals surface area contributed by atoms with E-state index in [-0.39, 0.29) is 0 Å². The molecule has 1 aromatic rings. The molecule has 0 aliphatic carbocycles. The Bertz CT molecular complexity index is 431. The van der Waals surface area contributed by atoms with Crippen LogP contribution in [-0.4, -0.2) is 55.1 Å². The van der Waals surface area contributed by atoms with Crippen LogP contribution in [-0.2, 0) is 0 Å². The molecule has 0 saturated carbocycles. The molecule has 2 unspecified atom stereocenters. The van der Waals surface area contributed by atoms with Gasteiger partial charge in [-0.25, -0.2) is 0 Å². The summed E-state index contributed by atoms with van der Waals surface area (Å²) in [5.41, 5.74) is 1.43. The number of likely N-dealkylation sites (tertiary alicyclic amines) is 1. The molecule has 2 saturated heterocycles. The van der Waals surface area contributed by atoms with E-state index in [1.807, 2.05) is 0 Å². The first kappa shape index (κ1) is 15.0. The summed E-state index contributed by atoms with van der Waals surface area (Å²) in [6, 6.07) is 12.1. The SMILES string of the molecule is CC(C)N1CCC(CN2CCNC(c3ccccc3)C2)C1. The molecule has 0 bridgehead atoms. The Morgan fingerprint density at radius 3 is 2.67 bits per heavy atom. The van der Waals surface area contributed by atoms with Crippen LogP contribution in [0.3, 0.4) is 0 Å². The lowest BCUT2D eigenvalue weighted by Crippen LogP contribution is -2.47. The van der Waals surface area contributed by atoms with Crippen LogP contribution in [0.2, 0.25) is 0 Å². The van der Waals surface area contributed by atoms with Gasteiger partial charge in [0.25, 0.3) is 0 Å². The summed E-state index contributed by atoms with van der Waals surface area (Å²) < 4.78 is 0. The Balaban J connectivity index is 1.53. The normalized spacial score (nSPS) is 28.3. The van der Waals surface area contributed by atoms with Gasteiger partial charge in [0.15, 0.2) is 0 Å². The lowest BCUT2D eigenvalue weighted by Gasteiger charge is -2.35. The van der Waals surface area contributed by atoms with Crippen LogP contribution in [0.15, 0.2) is 30.3 Å². The highest BCUT2D eigenvalue weighted by molar-refractivity contribution is 5.19. The van der Waals surface area contributed by atoms with Gasteiger partial charge in [-0.05, 0) is 38.3 Å². The van der Waals surface area contributed by atoms with Gasteiger partial charge in [0.05, 0.1) is 0 Å². The molecule has 0 spiro atoms. The van der Waals surface area contributed by atoms with Crippen molar-refractivity contribution in [3.05, 3.63) is 35.9 Å². The maximum absolute atomic E-state index is 3.67. The van der Waals surface area contributed by atoms with Gasteiger partial charge in [0.1, 0.15) is 0 Å². The molecular formula is C18H29N3. The molecule has 3 heteroatoms. The lowest BCUT2D eigenvalue weighted by molar-refractivity contribution is 0.169. The van der Waals surface area contributed by atoms with Gasteiger partial charge in [-0.1, -0.05) is 30.3 Å². The summed E-state index contributed by atoms with van der Waals surface area (Å²) in [6.45, 7) is 11.9. The first-order valence-electron chi connectivity index (χ1n) is 8.47. The predicted octanol–water partition coefficient (Wildman–Crippen LogP) is 2.36. The molecule has 2 aliphatic rings. The number of piperazine rings is 1. The summed E-state index contributed by atoms with van der Waals surface area (Å²) in [5.74, 6) is 0.863. The van der Waals surface area contributed by atoms with E-state index in [1.165, 1.54) is 38.2 Å². The van der Waals surface area contributed by atoms with Crippen molar-refractivity contribution in [2.45, 2.75) is 32.4 Å². The Hall–Kier alpha value is -0.900. The molecule has 2 fully saturated rings.